The zero-order valence-electron chi connectivity index (χ0n) is 14.6. The summed E-state index contributed by atoms with van der Waals surface area (Å²) < 4.78 is 16.2. The van der Waals surface area contributed by atoms with Crippen molar-refractivity contribution in [3.63, 3.8) is 0 Å². The lowest BCUT2D eigenvalue weighted by Crippen LogP contribution is -2.18. The second-order valence-electron chi connectivity index (χ2n) is 6.12. The Labute approximate surface area is 168 Å². The Hall–Kier alpha value is -3.26. The minimum atomic E-state index is -0.440. The minimum absolute atomic E-state index is 0.204. The fraction of sp³-hybridized carbons (Fsp3) is 0.0500. The molecule has 0 aliphatic heterocycles. The van der Waals surface area contributed by atoms with Gasteiger partial charge in [0.1, 0.15) is 5.82 Å². The fourth-order valence-corrected chi connectivity index (χ4v) is 3.17. The molecule has 0 atom stereocenters. The number of carbonyl (C=O) groups excluding carboxylic acids is 1. The van der Waals surface area contributed by atoms with Gasteiger partial charge in [-0.2, -0.15) is 10.2 Å². The third kappa shape index (κ3) is 3.86. The van der Waals surface area contributed by atoms with E-state index in [9.17, 15) is 9.18 Å². The molecule has 0 saturated carbocycles. The molecule has 0 fully saturated rings. The molecular weight excluding hydrogens is 425 g/mol. The summed E-state index contributed by atoms with van der Waals surface area (Å²) in [6, 6.07) is 13.9. The standard InChI is InChI=1S/C20H15BrFN5O/c21-15-5-6-18-16(9-15)14(10-23-18)11-24-25-20(28)19-7-8-27(26-19)12-13-3-1-2-4-17(13)22/h1-11,23H,12H2,(H,25,28)/b24-11-. The highest BCUT2D eigenvalue weighted by Crippen LogP contribution is 2.21. The van der Waals surface area contributed by atoms with E-state index in [4.69, 9.17) is 0 Å². The Morgan fingerprint density at radius 3 is 3.00 bits per heavy atom. The van der Waals surface area contributed by atoms with Gasteiger partial charge in [-0.15, -0.1) is 0 Å². The topological polar surface area (TPSA) is 75.1 Å². The molecule has 0 spiro atoms. The first-order chi connectivity index (χ1) is 13.6. The van der Waals surface area contributed by atoms with Crippen molar-refractivity contribution < 1.29 is 9.18 Å². The van der Waals surface area contributed by atoms with Crippen LogP contribution in [-0.2, 0) is 6.54 Å². The Balaban J connectivity index is 1.42. The van der Waals surface area contributed by atoms with E-state index in [-0.39, 0.29) is 18.1 Å². The summed E-state index contributed by atoms with van der Waals surface area (Å²) in [5.74, 6) is -0.747. The van der Waals surface area contributed by atoms with Crippen molar-refractivity contribution in [3.05, 3.63) is 88.0 Å². The number of amides is 1. The lowest BCUT2D eigenvalue weighted by atomic mass is 10.2. The largest absolute Gasteiger partial charge is 0.361 e. The summed E-state index contributed by atoms with van der Waals surface area (Å²) in [5, 5.41) is 9.17. The fourth-order valence-electron chi connectivity index (χ4n) is 2.81. The average molecular weight is 440 g/mol. The molecule has 2 aromatic carbocycles. The maximum Gasteiger partial charge on any atom is 0.291 e. The van der Waals surface area contributed by atoms with Crippen LogP contribution in [0.25, 0.3) is 10.9 Å². The van der Waals surface area contributed by atoms with E-state index in [1.807, 2.05) is 24.4 Å². The van der Waals surface area contributed by atoms with Crippen molar-refractivity contribution in [1.29, 1.82) is 0 Å². The summed E-state index contributed by atoms with van der Waals surface area (Å²) in [4.78, 5) is 15.4. The highest BCUT2D eigenvalue weighted by molar-refractivity contribution is 9.10. The molecule has 0 unspecified atom stereocenters. The number of hydrazone groups is 1. The number of benzene rings is 2. The van der Waals surface area contributed by atoms with Gasteiger partial charge in [-0.1, -0.05) is 34.1 Å². The minimum Gasteiger partial charge on any atom is -0.361 e. The number of nitrogens with zero attached hydrogens (tertiary/aromatic N) is 3. The summed E-state index contributed by atoms with van der Waals surface area (Å²) in [5.41, 5.74) is 4.99. The normalized spacial score (nSPS) is 11.4. The van der Waals surface area contributed by atoms with E-state index in [1.54, 1.807) is 36.7 Å². The van der Waals surface area contributed by atoms with Gasteiger partial charge >= 0.3 is 0 Å². The van der Waals surface area contributed by atoms with Crippen LogP contribution in [0.15, 0.2) is 70.5 Å². The number of halogens is 2. The number of carbonyl (C=O) groups is 1. The molecule has 0 aliphatic carbocycles. The molecule has 2 aromatic heterocycles. The van der Waals surface area contributed by atoms with E-state index >= 15 is 0 Å². The number of fused-ring (bicyclic) bond motifs is 1. The lowest BCUT2D eigenvalue weighted by molar-refractivity contribution is 0.0949. The van der Waals surface area contributed by atoms with Crippen LogP contribution in [-0.4, -0.2) is 26.9 Å². The van der Waals surface area contributed by atoms with E-state index < -0.39 is 5.91 Å². The summed E-state index contributed by atoms with van der Waals surface area (Å²) in [7, 11) is 0. The number of rotatable bonds is 5. The van der Waals surface area contributed by atoms with Crippen LogP contribution in [0.2, 0.25) is 0 Å². The van der Waals surface area contributed by atoms with E-state index in [0.717, 1.165) is 20.9 Å². The number of nitrogens with one attached hydrogen (secondary N) is 2. The monoisotopic (exact) mass is 439 g/mol. The Morgan fingerprint density at radius 1 is 1.29 bits per heavy atom. The average Bonchev–Trinajstić information content (AvgIpc) is 3.31. The van der Waals surface area contributed by atoms with Gasteiger partial charge in [0.25, 0.3) is 5.91 Å². The van der Waals surface area contributed by atoms with Crippen LogP contribution in [0, 0.1) is 5.82 Å². The first-order valence-electron chi connectivity index (χ1n) is 8.47. The quantitative estimate of drug-likeness (QED) is 0.363. The van der Waals surface area contributed by atoms with Crippen LogP contribution >= 0.6 is 15.9 Å². The predicted octanol–water partition coefficient (Wildman–Crippen LogP) is 4.08. The second kappa shape index (κ2) is 7.77. The molecule has 0 bridgehead atoms. The molecule has 1 amide bonds. The van der Waals surface area contributed by atoms with Gasteiger partial charge < -0.3 is 4.98 Å². The van der Waals surface area contributed by atoms with Crippen molar-refractivity contribution in [3.8, 4) is 0 Å². The molecule has 0 aliphatic rings. The SMILES string of the molecule is O=C(N/N=C\c1c[nH]c2ccc(Br)cc12)c1ccn(Cc2ccccc2F)n1. The number of hydrogen-bond donors (Lipinski definition) is 2. The van der Waals surface area contributed by atoms with Gasteiger partial charge in [0.2, 0.25) is 0 Å². The molecular formula is C20H15BrFN5O. The number of aromatic amines is 1. The zero-order chi connectivity index (χ0) is 19.5. The molecule has 0 radical (unpaired) electrons. The molecule has 2 N–H and O–H groups in total. The van der Waals surface area contributed by atoms with Gasteiger partial charge in [-0.25, -0.2) is 9.82 Å². The van der Waals surface area contributed by atoms with Gasteiger partial charge in [0.15, 0.2) is 5.69 Å². The molecule has 2 heterocycles. The van der Waals surface area contributed by atoms with Crippen LogP contribution in [0.4, 0.5) is 4.39 Å². The van der Waals surface area contributed by atoms with Gasteiger partial charge in [0, 0.05) is 38.9 Å². The number of hydrogen-bond acceptors (Lipinski definition) is 3. The second-order valence-corrected chi connectivity index (χ2v) is 7.04. The third-order valence-electron chi connectivity index (χ3n) is 4.21. The molecule has 4 aromatic rings. The summed E-state index contributed by atoms with van der Waals surface area (Å²) >= 11 is 3.44. The van der Waals surface area contributed by atoms with Crippen molar-refractivity contribution in [2.75, 3.05) is 0 Å². The Kier molecular flexibility index (Phi) is 5.03. The molecule has 6 nitrogen and oxygen atoms in total. The first kappa shape index (κ1) is 18.1. The molecule has 4 rings (SSSR count). The van der Waals surface area contributed by atoms with Gasteiger partial charge in [0.05, 0.1) is 12.8 Å². The van der Waals surface area contributed by atoms with E-state index in [1.165, 1.54) is 10.7 Å². The van der Waals surface area contributed by atoms with Crippen molar-refractivity contribution in [2.45, 2.75) is 6.54 Å². The maximum absolute atomic E-state index is 13.7. The maximum atomic E-state index is 13.7. The van der Waals surface area contributed by atoms with E-state index in [2.05, 4.69) is 36.5 Å². The molecule has 0 saturated heterocycles. The first-order valence-corrected chi connectivity index (χ1v) is 9.26. The van der Waals surface area contributed by atoms with Crippen molar-refractivity contribution in [2.24, 2.45) is 5.10 Å². The number of H-pyrrole nitrogens is 1. The van der Waals surface area contributed by atoms with Gasteiger partial charge in [-0.05, 0) is 30.3 Å². The van der Waals surface area contributed by atoms with Crippen molar-refractivity contribution in [1.82, 2.24) is 20.2 Å². The molecule has 8 heteroatoms. The molecule has 140 valence electrons. The lowest BCUT2D eigenvalue weighted by Gasteiger charge is -2.03. The van der Waals surface area contributed by atoms with Crippen LogP contribution in [0.3, 0.4) is 0 Å². The number of aromatic nitrogens is 3. The third-order valence-corrected chi connectivity index (χ3v) is 4.70. The van der Waals surface area contributed by atoms with Crippen LogP contribution in [0.1, 0.15) is 21.6 Å². The molecule has 28 heavy (non-hydrogen) atoms. The highest BCUT2D eigenvalue weighted by atomic mass is 79.9. The van der Waals surface area contributed by atoms with Crippen LogP contribution in [0.5, 0.6) is 0 Å². The van der Waals surface area contributed by atoms with Crippen LogP contribution < -0.4 is 5.43 Å². The summed E-state index contributed by atoms with van der Waals surface area (Å²) in [6.45, 7) is 0.243. The summed E-state index contributed by atoms with van der Waals surface area (Å²) in [6.07, 6.45) is 5.01. The predicted molar refractivity (Wildman–Crippen MR) is 109 cm³/mol. The van der Waals surface area contributed by atoms with Crippen molar-refractivity contribution >= 4 is 39.0 Å². The zero-order valence-corrected chi connectivity index (χ0v) is 16.1. The Bertz CT molecular complexity index is 1180. The Morgan fingerprint density at radius 2 is 2.14 bits per heavy atom. The smallest absolute Gasteiger partial charge is 0.291 e. The van der Waals surface area contributed by atoms with Gasteiger partial charge in [-0.3, -0.25) is 9.48 Å². The highest BCUT2D eigenvalue weighted by Gasteiger charge is 2.10. The van der Waals surface area contributed by atoms with E-state index in [0.29, 0.717) is 5.56 Å².